The van der Waals surface area contributed by atoms with Gasteiger partial charge in [0, 0.05) is 22.8 Å². The molecule has 0 aliphatic rings. The average molecular weight is 476 g/mol. The van der Waals surface area contributed by atoms with Crippen LogP contribution in [0.1, 0.15) is 12.0 Å². The standard InChI is InChI=1S/C23H14Cl2F3N3O/c1-32-14-10-16(24)21(29-11-14)19-18(12-6-8-13(9-7-12)23(27)28)20(30-31-22(19)25)15-4-2-3-5-17(15)26/h2-11,23H,1H3. The van der Waals surface area contributed by atoms with E-state index in [0.29, 0.717) is 16.9 Å². The van der Waals surface area contributed by atoms with Crippen molar-refractivity contribution < 1.29 is 17.9 Å². The zero-order valence-corrected chi connectivity index (χ0v) is 18.0. The predicted molar refractivity (Wildman–Crippen MR) is 118 cm³/mol. The molecule has 0 bridgehead atoms. The molecule has 0 fully saturated rings. The molecule has 0 aliphatic heterocycles. The Kier molecular flexibility index (Phi) is 6.30. The first-order chi connectivity index (χ1) is 15.4. The summed E-state index contributed by atoms with van der Waals surface area (Å²) in [7, 11) is 1.47. The molecule has 0 radical (unpaired) electrons. The number of alkyl halides is 2. The van der Waals surface area contributed by atoms with Crippen molar-refractivity contribution in [3.63, 3.8) is 0 Å². The number of halogens is 5. The minimum atomic E-state index is -2.63. The van der Waals surface area contributed by atoms with Crippen LogP contribution in [-0.4, -0.2) is 22.3 Å². The molecule has 2 aromatic carbocycles. The summed E-state index contributed by atoms with van der Waals surface area (Å²) in [5.41, 5.74) is 1.55. The maximum absolute atomic E-state index is 14.7. The van der Waals surface area contributed by atoms with E-state index in [1.807, 2.05) is 0 Å². The summed E-state index contributed by atoms with van der Waals surface area (Å²) >= 11 is 12.9. The normalized spacial score (nSPS) is 11.1. The van der Waals surface area contributed by atoms with Crippen molar-refractivity contribution in [2.45, 2.75) is 6.43 Å². The van der Waals surface area contributed by atoms with Gasteiger partial charge in [-0.05, 0) is 17.7 Å². The molecule has 0 amide bonds. The molecule has 9 heteroatoms. The molecular formula is C23H14Cl2F3N3O. The number of ether oxygens (including phenoxy) is 1. The van der Waals surface area contributed by atoms with E-state index in [1.54, 1.807) is 18.2 Å². The SMILES string of the molecule is COc1cnc(-c2c(Cl)nnc(-c3ccccc3F)c2-c2ccc(C(F)F)cc2)c(Cl)c1. The van der Waals surface area contributed by atoms with Gasteiger partial charge in [0.05, 0.1) is 29.6 Å². The Morgan fingerprint density at radius 1 is 0.906 bits per heavy atom. The molecule has 4 rings (SSSR count). The predicted octanol–water partition coefficient (Wildman–Crippen LogP) is 7.26. The van der Waals surface area contributed by atoms with E-state index in [9.17, 15) is 13.2 Å². The van der Waals surface area contributed by atoms with Crippen molar-refractivity contribution in [1.82, 2.24) is 15.2 Å². The summed E-state index contributed by atoms with van der Waals surface area (Å²) in [6.07, 6.45) is -1.18. The molecule has 4 nitrogen and oxygen atoms in total. The maximum Gasteiger partial charge on any atom is 0.263 e. The van der Waals surface area contributed by atoms with E-state index in [-0.39, 0.29) is 38.3 Å². The Morgan fingerprint density at radius 3 is 2.25 bits per heavy atom. The number of methoxy groups -OCH3 is 1. The fourth-order valence-electron chi connectivity index (χ4n) is 3.27. The lowest BCUT2D eigenvalue weighted by Crippen LogP contribution is -2.01. The van der Waals surface area contributed by atoms with Gasteiger partial charge in [-0.25, -0.2) is 13.2 Å². The van der Waals surface area contributed by atoms with Crippen molar-refractivity contribution in [3.8, 4) is 39.4 Å². The third-order valence-corrected chi connectivity index (χ3v) is 5.35. The number of rotatable bonds is 5. The van der Waals surface area contributed by atoms with E-state index in [2.05, 4.69) is 15.2 Å². The van der Waals surface area contributed by atoms with Crippen molar-refractivity contribution in [2.24, 2.45) is 0 Å². The monoisotopic (exact) mass is 475 g/mol. The number of aromatic nitrogens is 3. The molecule has 2 aromatic heterocycles. The molecule has 0 saturated carbocycles. The Morgan fingerprint density at radius 2 is 1.62 bits per heavy atom. The summed E-state index contributed by atoms with van der Waals surface area (Å²) in [5.74, 6) is -0.108. The largest absolute Gasteiger partial charge is 0.495 e. The highest BCUT2D eigenvalue weighted by Gasteiger charge is 2.24. The Bertz CT molecular complexity index is 1280. The molecule has 32 heavy (non-hydrogen) atoms. The zero-order valence-electron chi connectivity index (χ0n) is 16.5. The number of hydrogen-bond donors (Lipinski definition) is 0. The van der Waals surface area contributed by atoms with Gasteiger partial charge in [-0.1, -0.05) is 59.6 Å². The minimum Gasteiger partial charge on any atom is -0.495 e. The quantitative estimate of drug-likeness (QED) is 0.304. The third-order valence-electron chi connectivity index (χ3n) is 4.80. The summed E-state index contributed by atoms with van der Waals surface area (Å²) in [6, 6.07) is 13.1. The van der Waals surface area contributed by atoms with Crippen molar-refractivity contribution in [2.75, 3.05) is 7.11 Å². The molecule has 4 aromatic rings. The summed E-state index contributed by atoms with van der Waals surface area (Å²) in [4.78, 5) is 4.35. The van der Waals surface area contributed by atoms with E-state index in [4.69, 9.17) is 27.9 Å². The van der Waals surface area contributed by atoms with E-state index >= 15 is 0 Å². The minimum absolute atomic E-state index is 0.0300. The van der Waals surface area contributed by atoms with Gasteiger partial charge < -0.3 is 4.74 Å². The fraction of sp³-hybridized carbons (Fsp3) is 0.0870. The van der Waals surface area contributed by atoms with Crippen molar-refractivity contribution in [3.05, 3.63) is 82.4 Å². The summed E-state index contributed by atoms with van der Waals surface area (Å²) < 4.78 is 46.0. The number of nitrogens with zero attached hydrogens (tertiary/aromatic N) is 3. The van der Waals surface area contributed by atoms with Gasteiger partial charge in [-0.15, -0.1) is 10.2 Å². The van der Waals surface area contributed by atoms with Crippen LogP contribution >= 0.6 is 23.2 Å². The van der Waals surface area contributed by atoms with Gasteiger partial charge in [0.25, 0.3) is 6.43 Å². The van der Waals surface area contributed by atoms with E-state index in [1.165, 1.54) is 49.7 Å². The third kappa shape index (κ3) is 4.13. The van der Waals surface area contributed by atoms with Crippen LogP contribution in [0, 0.1) is 5.82 Å². The van der Waals surface area contributed by atoms with Gasteiger partial charge >= 0.3 is 0 Å². The molecule has 162 valence electrons. The molecule has 0 aliphatic carbocycles. The molecule has 0 spiro atoms. The molecular weight excluding hydrogens is 462 g/mol. The fourth-order valence-corrected chi connectivity index (χ4v) is 3.74. The number of benzene rings is 2. The highest BCUT2D eigenvalue weighted by Crippen LogP contribution is 2.44. The average Bonchev–Trinajstić information content (AvgIpc) is 2.79. The lowest BCUT2D eigenvalue weighted by atomic mass is 9.93. The van der Waals surface area contributed by atoms with E-state index in [0.717, 1.165) is 0 Å². The van der Waals surface area contributed by atoms with Crippen LogP contribution in [0.2, 0.25) is 10.2 Å². The van der Waals surface area contributed by atoms with E-state index < -0.39 is 12.2 Å². The van der Waals surface area contributed by atoms with Gasteiger partial charge in [-0.3, -0.25) is 4.98 Å². The van der Waals surface area contributed by atoms with Crippen molar-refractivity contribution in [1.29, 1.82) is 0 Å². The first kappa shape index (κ1) is 22.0. The topological polar surface area (TPSA) is 47.9 Å². The molecule has 0 saturated heterocycles. The van der Waals surface area contributed by atoms with Crippen LogP contribution < -0.4 is 4.74 Å². The maximum atomic E-state index is 14.7. The summed E-state index contributed by atoms with van der Waals surface area (Å²) in [5, 5.41) is 8.30. The lowest BCUT2D eigenvalue weighted by molar-refractivity contribution is 0.151. The van der Waals surface area contributed by atoms with Crippen LogP contribution in [0.15, 0.2) is 60.8 Å². The first-order valence-electron chi connectivity index (χ1n) is 9.30. The molecule has 2 heterocycles. The lowest BCUT2D eigenvalue weighted by Gasteiger charge is -2.17. The van der Waals surface area contributed by atoms with Crippen LogP contribution in [-0.2, 0) is 0 Å². The number of hydrogen-bond acceptors (Lipinski definition) is 4. The van der Waals surface area contributed by atoms with Crippen LogP contribution in [0.3, 0.4) is 0 Å². The second kappa shape index (κ2) is 9.14. The second-order valence-corrected chi connectivity index (χ2v) is 7.46. The zero-order chi connectivity index (χ0) is 22.8. The molecule has 0 atom stereocenters. The molecule has 0 unspecified atom stereocenters. The van der Waals surface area contributed by atoms with Gasteiger partial charge in [0.15, 0.2) is 5.15 Å². The van der Waals surface area contributed by atoms with Gasteiger partial charge in [0.1, 0.15) is 17.3 Å². The van der Waals surface area contributed by atoms with Gasteiger partial charge in [-0.2, -0.15) is 0 Å². The first-order valence-corrected chi connectivity index (χ1v) is 10.1. The highest BCUT2D eigenvalue weighted by molar-refractivity contribution is 6.36. The second-order valence-electron chi connectivity index (χ2n) is 6.70. The van der Waals surface area contributed by atoms with Crippen LogP contribution in [0.5, 0.6) is 5.75 Å². The van der Waals surface area contributed by atoms with Crippen LogP contribution in [0.4, 0.5) is 13.2 Å². The Balaban J connectivity index is 2.05. The van der Waals surface area contributed by atoms with Gasteiger partial charge in [0.2, 0.25) is 0 Å². The smallest absolute Gasteiger partial charge is 0.263 e. The summed E-state index contributed by atoms with van der Waals surface area (Å²) in [6.45, 7) is 0. The van der Waals surface area contributed by atoms with Crippen molar-refractivity contribution >= 4 is 23.2 Å². The number of pyridine rings is 1. The highest BCUT2D eigenvalue weighted by atomic mass is 35.5. The Labute approximate surface area is 191 Å². The Hall–Kier alpha value is -3.16. The van der Waals surface area contributed by atoms with Crippen LogP contribution in [0.25, 0.3) is 33.6 Å². The molecule has 0 N–H and O–H groups in total.